The number of sulfonamides is 1. The lowest BCUT2D eigenvalue weighted by atomic mass is 10.5. The van der Waals surface area contributed by atoms with E-state index in [1.807, 2.05) is 19.0 Å². The van der Waals surface area contributed by atoms with E-state index in [-0.39, 0.29) is 21.9 Å². The van der Waals surface area contributed by atoms with Gasteiger partial charge in [-0.3, -0.25) is 0 Å². The highest BCUT2D eigenvalue weighted by molar-refractivity contribution is 9.10. The molecule has 2 N–H and O–H groups in total. The number of rotatable bonds is 6. The summed E-state index contributed by atoms with van der Waals surface area (Å²) < 4.78 is 31.3. The summed E-state index contributed by atoms with van der Waals surface area (Å²) in [5, 5.41) is 8.85. The molecule has 1 rings (SSSR count). The van der Waals surface area contributed by atoms with Crippen LogP contribution in [0.3, 0.4) is 0 Å². The maximum atomic E-state index is 11.9. The third kappa shape index (κ3) is 4.07. The highest BCUT2D eigenvalue weighted by Gasteiger charge is 2.21. The number of halogens is 1. The standard InChI is InChI=1S/C9H15BrN2O4S/c1-12(2)4-3-11-17(14,15)8-5-7(6-13)16-9(8)10/h5,11,13H,3-4,6H2,1-2H3. The van der Waals surface area contributed by atoms with E-state index >= 15 is 0 Å². The second-order valence-electron chi connectivity index (χ2n) is 3.71. The summed E-state index contributed by atoms with van der Waals surface area (Å²) in [6.45, 7) is 0.564. The van der Waals surface area contributed by atoms with E-state index in [9.17, 15) is 8.42 Å². The van der Waals surface area contributed by atoms with Crippen molar-refractivity contribution in [3.8, 4) is 0 Å². The minimum Gasteiger partial charge on any atom is -0.450 e. The lowest BCUT2D eigenvalue weighted by Crippen LogP contribution is -2.31. The van der Waals surface area contributed by atoms with E-state index in [1.165, 1.54) is 6.07 Å². The fraction of sp³-hybridized carbons (Fsp3) is 0.556. The summed E-state index contributed by atoms with van der Waals surface area (Å²) in [6.07, 6.45) is 0. The first kappa shape index (κ1) is 14.7. The van der Waals surface area contributed by atoms with Crippen LogP contribution in [0.2, 0.25) is 0 Å². The molecule has 98 valence electrons. The molecule has 0 aliphatic rings. The molecule has 6 nitrogen and oxygen atoms in total. The van der Waals surface area contributed by atoms with Crippen molar-refractivity contribution in [3.63, 3.8) is 0 Å². The van der Waals surface area contributed by atoms with Crippen molar-refractivity contribution in [2.45, 2.75) is 11.5 Å². The van der Waals surface area contributed by atoms with Crippen LogP contribution in [0.4, 0.5) is 0 Å². The van der Waals surface area contributed by atoms with Crippen molar-refractivity contribution in [2.75, 3.05) is 27.2 Å². The molecule has 0 fully saturated rings. The molecule has 0 amide bonds. The number of hydrogen-bond acceptors (Lipinski definition) is 5. The summed E-state index contributed by atoms with van der Waals surface area (Å²) in [5.41, 5.74) is 0. The molecular weight excluding hydrogens is 312 g/mol. The highest BCUT2D eigenvalue weighted by Crippen LogP contribution is 2.25. The Hall–Kier alpha value is -0.410. The average Bonchev–Trinajstić information content (AvgIpc) is 2.59. The van der Waals surface area contributed by atoms with E-state index in [2.05, 4.69) is 20.7 Å². The Morgan fingerprint density at radius 3 is 2.65 bits per heavy atom. The van der Waals surface area contributed by atoms with Crippen molar-refractivity contribution >= 4 is 26.0 Å². The molecule has 0 atom stereocenters. The van der Waals surface area contributed by atoms with Crippen LogP contribution >= 0.6 is 15.9 Å². The number of aliphatic hydroxyl groups is 1. The molecule has 0 radical (unpaired) electrons. The lowest BCUT2D eigenvalue weighted by molar-refractivity contribution is 0.245. The SMILES string of the molecule is CN(C)CCNS(=O)(=O)c1cc(CO)oc1Br. The number of nitrogens with zero attached hydrogens (tertiary/aromatic N) is 1. The van der Waals surface area contributed by atoms with Gasteiger partial charge in [-0.15, -0.1) is 0 Å². The summed E-state index contributed by atoms with van der Waals surface area (Å²) in [6, 6.07) is 1.29. The molecule has 8 heteroatoms. The summed E-state index contributed by atoms with van der Waals surface area (Å²) in [4.78, 5) is 1.87. The van der Waals surface area contributed by atoms with Gasteiger partial charge in [0.05, 0.1) is 0 Å². The minimum absolute atomic E-state index is 0.000283. The monoisotopic (exact) mass is 326 g/mol. The second-order valence-corrected chi connectivity index (χ2v) is 6.17. The van der Waals surface area contributed by atoms with Crippen molar-refractivity contribution in [2.24, 2.45) is 0 Å². The fourth-order valence-electron chi connectivity index (χ4n) is 1.14. The first-order valence-corrected chi connectivity index (χ1v) is 7.18. The molecule has 0 spiro atoms. The van der Waals surface area contributed by atoms with Gasteiger partial charge in [0.2, 0.25) is 10.0 Å². The second kappa shape index (κ2) is 5.96. The number of nitrogens with one attached hydrogen (secondary N) is 1. The van der Waals surface area contributed by atoms with Crippen LogP contribution in [0.1, 0.15) is 5.76 Å². The van der Waals surface area contributed by atoms with E-state index in [4.69, 9.17) is 9.52 Å². The Balaban J connectivity index is 2.78. The Kier molecular flexibility index (Phi) is 5.14. The van der Waals surface area contributed by atoms with Crippen molar-refractivity contribution in [1.29, 1.82) is 0 Å². The Bertz CT molecular complexity index is 469. The zero-order valence-corrected chi connectivity index (χ0v) is 12.0. The van der Waals surface area contributed by atoms with Gasteiger partial charge < -0.3 is 14.4 Å². The first-order chi connectivity index (χ1) is 7.86. The van der Waals surface area contributed by atoms with Gasteiger partial charge in [-0.2, -0.15) is 0 Å². The van der Waals surface area contributed by atoms with Gasteiger partial charge in [-0.25, -0.2) is 13.1 Å². The van der Waals surface area contributed by atoms with Gasteiger partial charge in [-0.1, -0.05) is 0 Å². The van der Waals surface area contributed by atoms with Gasteiger partial charge in [0.15, 0.2) is 4.67 Å². The van der Waals surface area contributed by atoms with Crippen molar-refractivity contribution < 1.29 is 17.9 Å². The number of aliphatic hydroxyl groups excluding tert-OH is 1. The molecule has 1 aromatic heterocycles. The van der Waals surface area contributed by atoms with Gasteiger partial charge in [0.25, 0.3) is 0 Å². The minimum atomic E-state index is -3.60. The maximum absolute atomic E-state index is 11.9. The van der Waals surface area contributed by atoms with Crippen LogP contribution in [0.5, 0.6) is 0 Å². The van der Waals surface area contributed by atoms with Crippen LogP contribution in [-0.2, 0) is 16.6 Å². The van der Waals surface area contributed by atoms with E-state index in [1.54, 1.807) is 0 Å². The quantitative estimate of drug-likeness (QED) is 0.789. The summed E-state index contributed by atoms with van der Waals surface area (Å²) in [5.74, 6) is 0.199. The molecule has 1 aromatic rings. The van der Waals surface area contributed by atoms with Crippen molar-refractivity contribution in [1.82, 2.24) is 9.62 Å². The highest BCUT2D eigenvalue weighted by atomic mass is 79.9. The summed E-state index contributed by atoms with van der Waals surface area (Å²) >= 11 is 3.01. The van der Waals surface area contributed by atoms with E-state index in [0.717, 1.165) is 0 Å². The van der Waals surface area contributed by atoms with Gasteiger partial charge in [0, 0.05) is 19.2 Å². The Labute approximate surface area is 109 Å². The van der Waals surface area contributed by atoms with Gasteiger partial charge in [0.1, 0.15) is 17.3 Å². The number of likely N-dealkylation sites (N-methyl/N-ethyl adjacent to an activating group) is 1. The topological polar surface area (TPSA) is 82.8 Å². The van der Waals surface area contributed by atoms with Gasteiger partial charge >= 0.3 is 0 Å². The molecule has 0 aromatic carbocycles. The molecule has 0 unspecified atom stereocenters. The molecule has 0 saturated heterocycles. The van der Waals surface area contributed by atoms with Crippen LogP contribution in [-0.4, -0.2) is 45.6 Å². The van der Waals surface area contributed by atoms with E-state index < -0.39 is 10.0 Å². The third-order valence-corrected chi connectivity index (χ3v) is 4.32. The van der Waals surface area contributed by atoms with Crippen LogP contribution in [0.15, 0.2) is 20.0 Å². The molecule has 17 heavy (non-hydrogen) atoms. The summed E-state index contributed by atoms with van der Waals surface area (Å²) in [7, 11) is 0.102. The molecule has 0 aliphatic carbocycles. The largest absolute Gasteiger partial charge is 0.450 e. The average molecular weight is 327 g/mol. The predicted octanol–water partition coefficient (Wildman–Crippen LogP) is 0.374. The molecular formula is C9H15BrN2O4S. The third-order valence-electron chi connectivity index (χ3n) is 2.00. The number of furan rings is 1. The molecule has 0 aliphatic heterocycles. The van der Waals surface area contributed by atoms with E-state index in [0.29, 0.717) is 13.1 Å². The van der Waals surface area contributed by atoms with Gasteiger partial charge in [-0.05, 0) is 30.0 Å². The lowest BCUT2D eigenvalue weighted by Gasteiger charge is -2.10. The first-order valence-electron chi connectivity index (χ1n) is 4.90. The smallest absolute Gasteiger partial charge is 0.245 e. The predicted molar refractivity (Wildman–Crippen MR) is 66.1 cm³/mol. The van der Waals surface area contributed by atoms with Crippen LogP contribution < -0.4 is 4.72 Å². The maximum Gasteiger partial charge on any atom is 0.245 e. The Morgan fingerprint density at radius 2 is 2.18 bits per heavy atom. The molecule has 0 bridgehead atoms. The van der Waals surface area contributed by atoms with Crippen LogP contribution in [0, 0.1) is 0 Å². The molecule has 0 saturated carbocycles. The zero-order chi connectivity index (χ0) is 13.1. The Morgan fingerprint density at radius 1 is 1.53 bits per heavy atom. The zero-order valence-electron chi connectivity index (χ0n) is 9.60. The van der Waals surface area contributed by atoms with Crippen LogP contribution in [0.25, 0.3) is 0 Å². The molecule has 1 heterocycles. The van der Waals surface area contributed by atoms with Crippen molar-refractivity contribution in [3.05, 3.63) is 16.5 Å². The fourth-order valence-corrected chi connectivity index (χ4v) is 3.16. The normalized spacial score (nSPS) is 12.3. The number of hydrogen-bond donors (Lipinski definition) is 2.